The molecule has 23 heavy (non-hydrogen) atoms. The predicted octanol–water partition coefficient (Wildman–Crippen LogP) is 4.22. The third-order valence-electron chi connectivity index (χ3n) is 3.65. The molecular weight excluding hydrogens is 311 g/mol. The SMILES string of the molecule is O=P(O)(O)O.c1ccc2c(c1)c1ccccc1c1ccccc21. The summed E-state index contributed by atoms with van der Waals surface area (Å²) >= 11 is 0. The zero-order valence-electron chi connectivity index (χ0n) is 12.1. The number of rotatable bonds is 0. The second-order valence-corrected chi connectivity index (χ2v) is 6.18. The Kier molecular flexibility index (Phi) is 4.16. The van der Waals surface area contributed by atoms with Crippen LogP contribution in [0.15, 0.2) is 72.8 Å². The quantitative estimate of drug-likeness (QED) is 0.334. The molecule has 0 aliphatic carbocycles. The van der Waals surface area contributed by atoms with Crippen molar-refractivity contribution in [1.29, 1.82) is 0 Å². The van der Waals surface area contributed by atoms with E-state index in [-0.39, 0.29) is 0 Å². The highest BCUT2D eigenvalue weighted by Crippen LogP contribution is 2.34. The third kappa shape index (κ3) is 3.41. The molecule has 0 fully saturated rings. The van der Waals surface area contributed by atoms with Crippen LogP contribution in [0.25, 0.3) is 32.3 Å². The van der Waals surface area contributed by atoms with Gasteiger partial charge in [-0.15, -0.1) is 0 Å². The van der Waals surface area contributed by atoms with Crippen molar-refractivity contribution < 1.29 is 19.2 Å². The minimum Gasteiger partial charge on any atom is -0.303 e. The van der Waals surface area contributed by atoms with Gasteiger partial charge in [0.15, 0.2) is 0 Å². The van der Waals surface area contributed by atoms with Crippen molar-refractivity contribution in [3.8, 4) is 0 Å². The molecule has 0 bridgehead atoms. The number of phosphoric acid groups is 1. The fourth-order valence-corrected chi connectivity index (χ4v) is 2.86. The van der Waals surface area contributed by atoms with Gasteiger partial charge in [0.25, 0.3) is 0 Å². The van der Waals surface area contributed by atoms with Gasteiger partial charge >= 0.3 is 7.82 Å². The molecule has 4 nitrogen and oxygen atoms in total. The van der Waals surface area contributed by atoms with Crippen LogP contribution in [-0.4, -0.2) is 14.7 Å². The molecule has 4 aromatic carbocycles. The zero-order chi connectivity index (χ0) is 16.4. The largest absolute Gasteiger partial charge is 0.466 e. The van der Waals surface area contributed by atoms with Gasteiger partial charge in [-0.2, -0.15) is 0 Å². The molecule has 4 rings (SSSR count). The molecule has 0 amide bonds. The molecule has 0 unspecified atom stereocenters. The lowest BCUT2D eigenvalue weighted by Gasteiger charge is -2.09. The molecule has 0 saturated heterocycles. The van der Waals surface area contributed by atoms with Crippen molar-refractivity contribution in [2.24, 2.45) is 0 Å². The van der Waals surface area contributed by atoms with Crippen molar-refractivity contribution in [2.75, 3.05) is 0 Å². The van der Waals surface area contributed by atoms with E-state index in [0.29, 0.717) is 0 Å². The lowest BCUT2D eigenvalue weighted by molar-refractivity contribution is 0.275. The monoisotopic (exact) mass is 326 g/mol. The average Bonchev–Trinajstić information content (AvgIpc) is 2.54. The van der Waals surface area contributed by atoms with Gasteiger partial charge in [0.05, 0.1) is 0 Å². The van der Waals surface area contributed by atoms with E-state index in [9.17, 15) is 0 Å². The first-order chi connectivity index (χ1) is 10.9. The average molecular weight is 326 g/mol. The van der Waals surface area contributed by atoms with Gasteiger partial charge in [0.1, 0.15) is 0 Å². The van der Waals surface area contributed by atoms with Crippen LogP contribution in [0.4, 0.5) is 0 Å². The van der Waals surface area contributed by atoms with Gasteiger partial charge in [-0.3, -0.25) is 0 Å². The minimum atomic E-state index is -4.64. The second-order valence-electron chi connectivity index (χ2n) is 5.15. The number of hydrogen-bond donors (Lipinski definition) is 3. The molecule has 0 aliphatic rings. The van der Waals surface area contributed by atoms with Gasteiger partial charge in [-0.05, 0) is 32.3 Å². The molecule has 0 spiro atoms. The summed E-state index contributed by atoms with van der Waals surface area (Å²) < 4.78 is 8.88. The van der Waals surface area contributed by atoms with E-state index in [1.807, 2.05) is 0 Å². The van der Waals surface area contributed by atoms with Gasteiger partial charge in [-0.25, -0.2) is 4.57 Å². The topological polar surface area (TPSA) is 77.8 Å². The van der Waals surface area contributed by atoms with Crippen molar-refractivity contribution in [1.82, 2.24) is 0 Å². The molecule has 0 radical (unpaired) electrons. The fraction of sp³-hybridized carbons (Fsp3) is 0. The Morgan fingerprint density at radius 3 is 0.739 bits per heavy atom. The highest BCUT2D eigenvalue weighted by molar-refractivity contribution is 7.45. The Morgan fingerprint density at radius 1 is 0.478 bits per heavy atom. The lowest BCUT2D eigenvalue weighted by atomic mass is 9.95. The molecule has 0 saturated carbocycles. The van der Waals surface area contributed by atoms with Crippen LogP contribution in [-0.2, 0) is 4.57 Å². The van der Waals surface area contributed by atoms with E-state index in [2.05, 4.69) is 72.8 Å². The molecule has 0 aromatic heterocycles. The summed E-state index contributed by atoms with van der Waals surface area (Å²) in [7, 11) is -4.64. The summed E-state index contributed by atoms with van der Waals surface area (Å²) in [6, 6.07) is 26.0. The normalized spacial score (nSPS) is 11.4. The first-order valence-electron chi connectivity index (χ1n) is 7.01. The maximum Gasteiger partial charge on any atom is 0.466 e. The van der Waals surface area contributed by atoms with Crippen molar-refractivity contribution in [3.05, 3.63) is 72.8 Å². The van der Waals surface area contributed by atoms with Crippen molar-refractivity contribution in [3.63, 3.8) is 0 Å². The van der Waals surface area contributed by atoms with E-state index in [1.54, 1.807) is 0 Å². The van der Waals surface area contributed by atoms with Gasteiger partial charge in [-0.1, -0.05) is 72.8 Å². The Labute approximate surface area is 132 Å². The summed E-state index contributed by atoms with van der Waals surface area (Å²) in [4.78, 5) is 21.6. The Hall–Kier alpha value is -2.23. The van der Waals surface area contributed by atoms with Gasteiger partial charge in [0, 0.05) is 0 Å². The molecular formula is C18H15O4P. The summed E-state index contributed by atoms with van der Waals surface area (Å²) in [5, 5.41) is 8.04. The first kappa shape index (κ1) is 15.7. The predicted molar refractivity (Wildman–Crippen MR) is 93.2 cm³/mol. The summed E-state index contributed by atoms with van der Waals surface area (Å²) in [6.07, 6.45) is 0. The van der Waals surface area contributed by atoms with Crippen LogP contribution in [0.3, 0.4) is 0 Å². The van der Waals surface area contributed by atoms with Crippen molar-refractivity contribution >= 4 is 40.1 Å². The lowest BCUT2D eigenvalue weighted by Crippen LogP contribution is -1.81. The molecule has 0 atom stereocenters. The molecule has 5 heteroatoms. The molecule has 116 valence electrons. The van der Waals surface area contributed by atoms with Gasteiger partial charge in [0.2, 0.25) is 0 Å². The van der Waals surface area contributed by atoms with E-state index in [0.717, 1.165) is 0 Å². The van der Waals surface area contributed by atoms with E-state index in [1.165, 1.54) is 32.3 Å². The molecule has 0 heterocycles. The third-order valence-corrected chi connectivity index (χ3v) is 3.65. The van der Waals surface area contributed by atoms with E-state index in [4.69, 9.17) is 19.2 Å². The highest BCUT2D eigenvalue weighted by atomic mass is 31.2. The smallest absolute Gasteiger partial charge is 0.303 e. The van der Waals surface area contributed by atoms with Crippen LogP contribution in [0, 0.1) is 0 Å². The molecule has 4 aromatic rings. The van der Waals surface area contributed by atoms with Crippen molar-refractivity contribution in [2.45, 2.75) is 0 Å². The first-order valence-corrected chi connectivity index (χ1v) is 8.58. The van der Waals surface area contributed by atoms with Crippen LogP contribution in [0.2, 0.25) is 0 Å². The molecule has 3 N–H and O–H groups in total. The summed E-state index contributed by atoms with van der Waals surface area (Å²) in [6.45, 7) is 0. The fourth-order valence-electron chi connectivity index (χ4n) is 2.86. The number of benzene rings is 4. The van der Waals surface area contributed by atoms with Crippen LogP contribution >= 0.6 is 7.82 Å². The highest BCUT2D eigenvalue weighted by Gasteiger charge is 2.06. The summed E-state index contributed by atoms with van der Waals surface area (Å²) in [5.74, 6) is 0. The maximum absolute atomic E-state index is 8.88. The van der Waals surface area contributed by atoms with Crippen LogP contribution < -0.4 is 0 Å². The standard InChI is InChI=1S/C18H12.H3O4P/c1-2-8-14-13(7-1)15-9-3-4-11-17(15)18-12-6-5-10-16(14)18;1-5(2,3)4/h1-12H;(H3,1,2,3,4). The Balaban J connectivity index is 0.000000276. The van der Waals surface area contributed by atoms with Crippen LogP contribution in [0.5, 0.6) is 0 Å². The zero-order valence-corrected chi connectivity index (χ0v) is 13.0. The Morgan fingerprint density at radius 2 is 0.609 bits per heavy atom. The maximum atomic E-state index is 8.88. The number of fused-ring (bicyclic) bond motifs is 6. The Bertz CT molecular complexity index is 808. The number of hydrogen-bond acceptors (Lipinski definition) is 1. The van der Waals surface area contributed by atoms with Gasteiger partial charge < -0.3 is 14.7 Å². The van der Waals surface area contributed by atoms with E-state index >= 15 is 0 Å². The minimum absolute atomic E-state index is 1.34. The second kappa shape index (κ2) is 6.11. The van der Waals surface area contributed by atoms with Crippen LogP contribution in [0.1, 0.15) is 0 Å². The molecule has 0 aliphatic heterocycles. The summed E-state index contributed by atoms with van der Waals surface area (Å²) in [5.41, 5.74) is 0. The van der Waals surface area contributed by atoms with E-state index < -0.39 is 7.82 Å².